The van der Waals surface area contributed by atoms with Gasteiger partial charge in [-0.2, -0.15) is 5.01 Å². The number of hydrazine groups is 1. The second kappa shape index (κ2) is 12.3. The van der Waals surface area contributed by atoms with Gasteiger partial charge in [-0.25, -0.2) is 9.80 Å². The fourth-order valence-corrected chi connectivity index (χ4v) is 5.33. The Balaban J connectivity index is 1.38. The number of ketones is 1. The Labute approximate surface area is 251 Å². The third kappa shape index (κ3) is 5.82. The number of Topliss-reactive ketones (excluding diaryl/α,β-unsaturated/α-hetero) is 1. The van der Waals surface area contributed by atoms with Gasteiger partial charge in [-0.05, 0) is 66.9 Å². The number of allylic oxidation sites excluding steroid dienone is 2. The molecule has 0 N–H and O–H groups in total. The van der Waals surface area contributed by atoms with Crippen molar-refractivity contribution in [2.45, 2.75) is 13.3 Å². The summed E-state index contributed by atoms with van der Waals surface area (Å²) >= 11 is 0. The lowest BCUT2D eigenvalue weighted by atomic mass is 9.78. The van der Waals surface area contributed by atoms with Gasteiger partial charge in [0.1, 0.15) is 18.0 Å². The summed E-state index contributed by atoms with van der Waals surface area (Å²) in [4.78, 5) is 77.1. The van der Waals surface area contributed by atoms with E-state index in [1.54, 1.807) is 25.1 Å². The molecule has 0 radical (unpaired) electrons. The van der Waals surface area contributed by atoms with Crippen LogP contribution in [0.3, 0.4) is 0 Å². The lowest BCUT2D eigenvalue weighted by molar-refractivity contribution is -0.384. The number of amides is 3. The molecule has 0 aromatic heterocycles. The van der Waals surface area contributed by atoms with Crippen LogP contribution in [0.5, 0.6) is 11.5 Å². The van der Waals surface area contributed by atoms with E-state index in [9.17, 15) is 34.1 Å². The molecule has 3 aromatic carbocycles. The summed E-state index contributed by atoms with van der Waals surface area (Å²) in [6.45, 7) is 1.13. The smallest absolute Gasteiger partial charge is 0.343 e. The lowest BCUT2D eigenvalue weighted by Gasteiger charge is -2.30. The quantitative estimate of drug-likeness (QED) is 0.0670. The largest absolute Gasteiger partial charge is 0.497 e. The molecule has 1 aliphatic heterocycles. The number of esters is 1. The molecular formula is C32H27N3O9. The van der Waals surface area contributed by atoms with Gasteiger partial charge in [-0.15, -0.1) is 0 Å². The number of ether oxygens (including phenoxy) is 2. The first-order chi connectivity index (χ1) is 21.1. The number of fused-ring (bicyclic) bond motifs is 1. The van der Waals surface area contributed by atoms with Crippen molar-refractivity contribution in [1.82, 2.24) is 10.0 Å². The molecule has 12 nitrogen and oxygen atoms in total. The van der Waals surface area contributed by atoms with Crippen LogP contribution in [-0.4, -0.2) is 58.1 Å². The number of carbonyl (C=O) groups is 5. The number of rotatable bonds is 9. The van der Waals surface area contributed by atoms with Crippen molar-refractivity contribution >= 4 is 35.2 Å². The SMILES string of the molecule is COc1cccc(C(=O)Oc2ccc(C(=O)CN(C(=O)c3ccc([N+](=O)[O-])cc3)N3C(=O)[C@H]4[C@H](C)C=CC[C@H]4C3=O)cc2)c1. The fraction of sp³-hybridized carbons (Fsp3) is 0.219. The molecule has 5 rings (SSSR count). The molecule has 1 fully saturated rings. The Morgan fingerprint density at radius 2 is 1.61 bits per heavy atom. The molecule has 0 spiro atoms. The van der Waals surface area contributed by atoms with E-state index in [2.05, 4.69) is 0 Å². The van der Waals surface area contributed by atoms with Crippen molar-refractivity contribution in [3.8, 4) is 11.5 Å². The molecule has 0 bridgehead atoms. The summed E-state index contributed by atoms with van der Waals surface area (Å²) in [6, 6.07) is 16.6. The minimum Gasteiger partial charge on any atom is -0.497 e. The Hall–Kier alpha value is -5.65. The van der Waals surface area contributed by atoms with Crippen molar-refractivity contribution < 1.29 is 38.4 Å². The monoisotopic (exact) mass is 597 g/mol. The van der Waals surface area contributed by atoms with Crippen molar-refractivity contribution in [1.29, 1.82) is 0 Å². The van der Waals surface area contributed by atoms with Crippen molar-refractivity contribution in [3.05, 3.63) is 112 Å². The lowest BCUT2D eigenvalue weighted by Crippen LogP contribution is -2.52. The first-order valence-electron chi connectivity index (χ1n) is 13.7. The maximum atomic E-state index is 13.7. The summed E-state index contributed by atoms with van der Waals surface area (Å²) in [5.41, 5.74) is 0.0784. The highest BCUT2D eigenvalue weighted by Gasteiger charge is 2.53. The van der Waals surface area contributed by atoms with Crippen LogP contribution in [0.4, 0.5) is 5.69 Å². The van der Waals surface area contributed by atoms with E-state index >= 15 is 0 Å². The van der Waals surface area contributed by atoms with Crippen LogP contribution in [0, 0.1) is 27.9 Å². The average molecular weight is 598 g/mol. The summed E-state index contributed by atoms with van der Waals surface area (Å²) in [5, 5.41) is 12.6. The zero-order valence-corrected chi connectivity index (χ0v) is 23.7. The van der Waals surface area contributed by atoms with Crippen LogP contribution in [0.25, 0.3) is 0 Å². The molecule has 1 saturated heterocycles. The Morgan fingerprint density at radius 1 is 0.932 bits per heavy atom. The highest BCUT2D eigenvalue weighted by molar-refractivity contribution is 6.10. The molecule has 12 heteroatoms. The van der Waals surface area contributed by atoms with Gasteiger partial charge in [0.2, 0.25) is 0 Å². The summed E-state index contributed by atoms with van der Waals surface area (Å²) in [5.74, 6) is -4.27. The maximum absolute atomic E-state index is 13.7. The van der Waals surface area contributed by atoms with Crippen molar-refractivity contribution in [3.63, 3.8) is 0 Å². The number of nitro benzene ring substituents is 1. The van der Waals surface area contributed by atoms with E-state index in [0.29, 0.717) is 12.2 Å². The number of hydrogen-bond acceptors (Lipinski definition) is 9. The molecule has 3 aromatic rings. The molecule has 0 saturated carbocycles. The normalized spacial score (nSPS) is 18.9. The average Bonchev–Trinajstić information content (AvgIpc) is 3.29. The van der Waals surface area contributed by atoms with E-state index in [0.717, 1.165) is 22.2 Å². The Kier molecular flexibility index (Phi) is 8.34. The Bertz CT molecular complexity index is 1680. The molecular weight excluding hydrogens is 570 g/mol. The van der Waals surface area contributed by atoms with Gasteiger partial charge < -0.3 is 9.47 Å². The number of nitro groups is 1. The third-order valence-corrected chi connectivity index (χ3v) is 7.64. The van der Waals surface area contributed by atoms with E-state index in [1.165, 1.54) is 49.6 Å². The number of hydrogen-bond donors (Lipinski definition) is 0. The third-order valence-electron chi connectivity index (χ3n) is 7.64. The summed E-state index contributed by atoms with van der Waals surface area (Å²) in [6.07, 6.45) is 3.97. The van der Waals surface area contributed by atoms with Crippen LogP contribution in [0.15, 0.2) is 84.9 Å². The second-order valence-electron chi connectivity index (χ2n) is 10.4. The molecule has 1 heterocycles. The number of methoxy groups -OCH3 is 1. The van der Waals surface area contributed by atoms with Gasteiger partial charge >= 0.3 is 5.97 Å². The van der Waals surface area contributed by atoms with Crippen molar-refractivity contribution in [2.75, 3.05) is 13.7 Å². The van der Waals surface area contributed by atoms with E-state index in [-0.39, 0.29) is 34.0 Å². The first-order valence-corrected chi connectivity index (χ1v) is 13.7. The minimum absolute atomic E-state index is 0.0511. The van der Waals surface area contributed by atoms with E-state index in [1.807, 2.05) is 12.2 Å². The Morgan fingerprint density at radius 3 is 2.25 bits per heavy atom. The predicted octanol–water partition coefficient (Wildman–Crippen LogP) is 4.26. The zero-order valence-electron chi connectivity index (χ0n) is 23.7. The zero-order chi connectivity index (χ0) is 31.5. The second-order valence-corrected chi connectivity index (χ2v) is 10.4. The van der Waals surface area contributed by atoms with Crippen LogP contribution in [0.2, 0.25) is 0 Å². The van der Waals surface area contributed by atoms with Gasteiger partial charge in [-0.3, -0.25) is 29.3 Å². The van der Waals surface area contributed by atoms with Gasteiger partial charge in [-0.1, -0.05) is 25.1 Å². The topological polar surface area (TPSA) is 153 Å². The highest BCUT2D eigenvalue weighted by atomic mass is 16.6. The van der Waals surface area contributed by atoms with Gasteiger partial charge in [0.15, 0.2) is 5.78 Å². The highest BCUT2D eigenvalue weighted by Crippen LogP contribution is 2.39. The number of benzene rings is 3. The minimum atomic E-state index is -0.849. The first kappa shape index (κ1) is 29.8. The van der Waals surface area contributed by atoms with Gasteiger partial charge in [0.25, 0.3) is 23.4 Å². The molecule has 1 aliphatic carbocycles. The van der Waals surface area contributed by atoms with E-state index < -0.39 is 52.8 Å². The maximum Gasteiger partial charge on any atom is 0.343 e. The summed E-state index contributed by atoms with van der Waals surface area (Å²) < 4.78 is 10.5. The molecule has 3 amide bonds. The molecule has 3 atom stereocenters. The van der Waals surface area contributed by atoms with Crippen LogP contribution < -0.4 is 9.47 Å². The molecule has 224 valence electrons. The summed E-state index contributed by atoms with van der Waals surface area (Å²) in [7, 11) is 1.47. The number of non-ortho nitro benzene ring substituents is 1. The standard InChI is InChI=1S/C32H27N3O9/c1-19-5-3-8-26-28(19)31(39)34(30(26)38)33(29(37)21-9-13-23(14-10-21)35(41)42)18-27(36)20-11-15-24(16-12-20)44-32(40)22-6-4-7-25(17-22)43-2/h3-7,9-17,19,26,28H,8,18H2,1-2H3/t19-,26-,28+/m1/s1. The van der Waals surface area contributed by atoms with Crippen LogP contribution >= 0.6 is 0 Å². The van der Waals surface area contributed by atoms with Gasteiger partial charge in [0.05, 0.1) is 29.4 Å². The molecule has 0 unspecified atom stereocenters. The molecule has 44 heavy (non-hydrogen) atoms. The number of imide groups is 1. The molecule has 2 aliphatic rings. The van der Waals surface area contributed by atoms with Gasteiger partial charge in [0, 0.05) is 23.3 Å². The fourth-order valence-electron chi connectivity index (χ4n) is 5.33. The predicted molar refractivity (Wildman–Crippen MR) is 155 cm³/mol. The number of carbonyl (C=O) groups excluding carboxylic acids is 5. The van der Waals surface area contributed by atoms with Crippen molar-refractivity contribution in [2.24, 2.45) is 17.8 Å². The van der Waals surface area contributed by atoms with E-state index in [4.69, 9.17) is 9.47 Å². The van der Waals surface area contributed by atoms with Crippen LogP contribution in [0.1, 0.15) is 44.4 Å². The van der Waals surface area contributed by atoms with Crippen LogP contribution in [-0.2, 0) is 9.59 Å². The number of nitrogens with zero attached hydrogens (tertiary/aromatic N) is 3.